The first-order chi connectivity index (χ1) is 15.9. The first-order valence-corrected chi connectivity index (χ1v) is 9.89. The molecule has 10 nitrogen and oxygen atoms in total. The number of nitrogens with zero attached hydrogens (tertiary/aromatic N) is 6. The number of nitrogens with one attached hydrogen (secondary N) is 3. The number of amides is 2. The average molecular weight is 453 g/mol. The van der Waals surface area contributed by atoms with Crippen molar-refractivity contribution < 1.29 is 13.6 Å². The number of aromatic nitrogens is 4. The number of imidazole rings is 1. The van der Waals surface area contributed by atoms with Crippen LogP contribution >= 0.6 is 0 Å². The molecule has 12 heteroatoms. The monoisotopic (exact) mass is 453 g/mol. The minimum Gasteiger partial charge on any atom is -0.352 e. The highest BCUT2D eigenvalue weighted by Crippen LogP contribution is 2.21. The van der Waals surface area contributed by atoms with E-state index >= 15 is 0 Å². The van der Waals surface area contributed by atoms with E-state index in [1.165, 1.54) is 30.4 Å². The van der Waals surface area contributed by atoms with Crippen molar-refractivity contribution in [3.63, 3.8) is 0 Å². The maximum atomic E-state index is 14.0. The molecule has 1 aliphatic heterocycles. The van der Waals surface area contributed by atoms with Crippen LogP contribution in [0.3, 0.4) is 0 Å². The van der Waals surface area contributed by atoms with E-state index in [1.807, 2.05) is 6.07 Å². The fraction of sp³-hybridized carbons (Fsp3) is 0.238. The maximum absolute atomic E-state index is 14.0. The predicted molar refractivity (Wildman–Crippen MR) is 118 cm³/mol. The third kappa shape index (κ3) is 6.07. The van der Waals surface area contributed by atoms with E-state index in [0.717, 1.165) is 12.3 Å². The van der Waals surface area contributed by atoms with Crippen LogP contribution in [0.4, 0.5) is 19.5 Å². The van der Waals surface area contributed by atoms with Crippen molar-refractivity contribution in [3.8, 4) is 17.6 Å². The quantitative estimate of drug-likeness (QED) is 0.319. The first-order valence-electron chi connectivity index (χ1n) is 9.89. The number of rotatable bonds is 8. The van der Waals surface area contributed by atoms with Gasteiger partial charge in [0, 0.05) is 43.7 Å². The Morgan fingerprint density at radius 1 is 1.42 bits per heavy atom. The van der Waals surface area contributed by atoms with Crippen LogP contribution in [0.1, 0.15) is 13.3 Å². The second-order valence-corrected chi connectivity index (χ2v) is 6.92. The number of hydrogen-bond acceptors (Lipinski definition) is 7. The fourth-order valence-corrected chi connectivity index (χ4v) is 2.91. The van der Waals surface area contributed by atoms with Crippen LogP contribution < -0.4 is 10.6 Å². The van der Waals surface area contributed by atoms with Gasteiger partial charge in [0.15, 0.2) is 11.6 Å². The number of urea groups is 1. The Morgan fingerprint density at radius 3 is 2.97 bits per heavy atom. The highest BCUT2D eigenvalue weighted by atomic mass is 19.1. The van der Waals surface area contributed by atoms with Crippen molar-refractivity contribution in [3.05, 3.63) is 60.1 Å². The summed E-state index contributed by atoms with van der Waals surface area (Å²) in [5.74, 6) is -0.813. The summed E-state index contributed by atoms with van der Waals surface area (Å²) in [4.78, 5) is 27.2. The summed E-state index contributed by atoms with van der Waals surface area (Å²) < 4.78 is 27.9. The van der Waals surface area contributed by atoms with Gasteiger partial charge in [-0.2, -0.15) is 10.4 Å². The van der Waals surface area contributed by atoms with Crippen LogP contribution in [0.2, 0.25) is 0 Å². The number of aromatic amines is 1. The Hall–Kier alpha value is -4.40. The lowest BCUT2D eigenvalue weighted by Crippen LogP contribution is -2.42. The highest BCUT2D eigenvalue weighted by Gasteiger charge is 2.28. The molecule has 33 heavy (non-hydrogen) atoms. The molecule has 1 atom stereocenters. The molecule has 0 saturated heterocycles. The van der Waals surface area contributed by atoms with Crippen molar-refractivity contribution in [1.82, 2.24) is 30.3 Å². The zero-order valence-corrected chi connectivity index (χ0v) is 17.7. The van der Waals surface area contributed by atoms with E-state index in [2.05, 4.69) is 42.2 Å². The second-order valence-electron chi connectivity index (χ2n) is 6.92. The molecule has 0 aliphatic carbocycles. The van der Waals surface area contributed by atoms with E-state index < -0.39 is 23.7 Å². The minimum atomic E-state index is -0.635. The van der Waals surface area contributed by atoms with Gasteiger partial charge in [-0.15, -0.1) is 0 Å². The molecule has 0 aromatic carbocycles. The van der Waals surface area contributed by atoms with Crippen LogP contribution in [0.5, 0.6) is 0 Å². The highest BCUT2D eigenvalue weighted by molar-refractivity contribution is 5.79. The fourth-order valence-electron chi connectivity index (χ4n) is 2.91. The Kier molecular flexibility index (Phi) is 7.59. The van der Waals surface area contributed by atoms with Crippen molar-refractivity contribution in [2.75, 3.05) is 18.4 Å². The van der Waals surface area contributed by atoms with Gasteiger partial charge in [0.25, 0.3) is 0 Å². The third-order valence-electron chi connectivity index (χ3n) is 4.47. The Balaban J connectivity index is 1.52. The molecular formula is C21H21F2N9O. The zero-order valence-electron chi connectivity index (χ0n) is 17.7. The lowest BCUT2D eigenvalue weighted by molar-refractivity contribution is 0.194. The number of anilines is 1. The summed E-state index contributed by atoms with van der Waals surface area (Å²) in [5.41, 5.74) is 0.572. The Bertz CT molecular complexity index is 1150. The molecule has 2 amide bonds. The molecule has 0 saturated carbocycles. The van der Waals surface area contributed by atoms with Crippen molar-refractivity contribution in [2.45, 2.75) is 19.4 Å². The lowest BCUT2D eigenvalue weighted by atomic mass is 10.1. The molecule has 0 spiro atoms. The van der Waals surface area contributed by atoms with E-state index in [-0.39, 0.29) is 36.1 Å². The van der Waals surface area contributed by atoms with E-state index in [9.17, 15) is 13.6 Å². The summed E-state index contributed by atoms with van der Waals surface area (Å²) in [5, 5.41) is 19.5. The lowest BCUT2D eigenvalue weighted by Gasteiger charge is -2.22. The molecule has 3 N–H and O–H groups in total. The summed E-state index contributed by atoms with van der Waals surface area (Å²) >= 11 is 0. The normalized spacial score (nSPS) is 15.9. The maximum Gasteiger partial charge on any atom is 0.338 e. The largest absolute Gasteiger partial charge is 0.352 e. The molecule has 0 bridgehead atoms. The van der Waals surface area contributed by atoms with Gasteiger partial charge in [-0.25, -0.2) is 33.5 Å². The van der Waals surface area contributed by atoms with Gasteiger partial charge in [0.2, 0.25) is 5.95 Å². The molecule has 0 unspecified atom stereocenters. The molecule has 3 rings (SSSR count). The Morgan fingerprint density at radius 2 is 2.24 bits per heavy atom. The van der Waals surface area contributed by atoms with E-state index in [4.69, 9.17) is 5.26 Å². The standard InChI is InChI=1S/C21H21F2N9O/c1-13(11-24)9-15(22)10-14(2)17-3-4-30-32(17)21(33)28-8-7-27-20-29-12-16(23)18(31-20)19-25-5-6-26-19/h4-6,9-10,12,17H,2-3,7-8H2,1H3,(H,25,26)(H,28,33)(H,27,29,31)/b13-9+,15-10+/t17-/m0/s1. The summed E-state index contributed by atoms with van der Waals surface area (Å²) in [6.07, 6.45) is 8.25. The average Bonchev–Trinajstić information content (AvgIpc) is 3.49. The van der Waals surface area contributed by atoms with Crippen LogP contribution in [-0.4, -0.2) is 56.3 Å². The molecule has 0 fully saturated rings. The summed E-state index contributed by atoms with van der Waals surface area (Å²) in [6.45, 7) is 5.75. The molecule has 2 aromatic heterocycles. The number of carbonyl (C=O) groups is 1. The molecule has 1 aliphatic rings. The second kappa shape index (κ2) is 10.8. The van der Waals surface area contributed by atoms with Gasteiger partial charge in [0.05, 0.1) is 18.3 Å². The van der Waals surface area contributed by atoms with E-state index in [0.29, 0.717) is 12.0 Å². The number of nitriles is 1. The number of allylic oxidation sites excluding steroid dienone is 3. The van der Waals surface area contributed by atoms with Gasteiger partial charge < -0.3 is 15.6 Å². The van der Waals surface area contributed by atoms with Crippen LogP contribution in [0.25, 0.3) is 11.5 Å². The smallest absolute Gasteiger partial charge is 0.338 e. The van der Waals surface area contributed by atoms with Crippen LogP contribution in [0.15, 0.2) is 59.4 Å². The van der Waals surface area contributed by atoms with Crippen LogP contribution in [-0.2, 0) is 0 Å². The SMILES string of the molecule is C=C(/C=C(F)\C=C(/C)C#N)[C@@H]1CC=NN1C(=O)NCCNc1ncc(F)c(-c2ncc[nH]2)n1. The first kappa shape index (κ1) is 23.3. The molecular weight excluding hydrogens is 432 g/mol. The van der Waals surface area contributed by atoms with Gasteiger partial charge in [-0.3, -0.25) is 0 Å². The number of hydrazone groups is 1. The Labute approximate surface area is 188 Å². The zero-order chi connectivity index (χ0) is 23.8. The number of H-pyrrole nitrogens is 1. The third-order valence-corrected chi connectivity index (χ3v) is 4.47. The van der Waals surface area contributed by atoms with Gasteiger partial charge in [0.1, 0.15) is 11.5 Å². The summed E-state index contributed by atoms with van der Waals surface area (Å²) in [6, 6.07) is 0.792. The molecule has 170 valence electrons. The minimum absolute atomic E-state index is 0.0226. The van der Waals surface area contributed by atoms with Gasteiger partial charge in [-0.05, 0) is 24.6 Å². The number of halogens is 2. The molecule has 2 aromatic rings. The predicted octanol–water partition coefficient (Wildman–Crippen LogP) is 3.07. The van der Waals surface area contributed by atoms with Gasteiger partial charge >= 0.3 is 6.03 Å². The van der Waals surface area contributed by atoms with Crippen molar-refractivity contribution in [1.29, 1.82) is 5.26 Å². The van der Waals surface area contributed by atoms with Gasteiger partial charge in [-0.1, -0.05) is 6.58 Å². The number of hydrogen-bond donors (Lipinski definition) is 3. The summed E-state index contributed by atoms with van der Waals surface area (Å²) in [7, 11) is 0. The van der Waals surface area contributed by atoms with Crippen molar-refractivity contribution in [2.24, 2.45) is 5.10 Å². The van der Waals surface area contributed by atoms with Crippen molar-refractivity contribution >= 4 is 18.2 Å². The van der Waals surface area contributed by atoms with E-state index in [1.54, 1.807) is 6.20 Å². The topological polar surface area (TPSA) is 135 Å². The number of carbonyl (C=O) groups excluding carboxylic acids is 1. The van der Waals surface area contributed by atoms with Crippen LogP contribution in [0, 0.1) is 17.1 Å². The molecule has 3 heterocycles. The molecule has 0 radical (unpaired) electrons.